The van der Waals surface area contributed by atoms with Crippen molar-refractivity contribution in [1.29, 1.82) is 0 Å². The zero-order valence-electron chi connectivity index (χ0n) is 10.2. The number of likely N-dealkylation sites (tertiary alicyclic amines) is 1. The number of hydrogen-bond acceptors (Lipinski definition) is 4. The van der Waals surface area contributed by atoms with E-state index in [4.69, 9.17) is 5.73 Å². The van der Waals surface area contributed by atoms with Crippen molar-refractivity contribution in [3.05, 3.63) is 23.4 Å². The van der Waals surface area contributed by atoms with Gasteiger partial charge >= 0.3 is 0 Å². The highest BCUT2D eigenvalue weighted by atomic mass is 16.2. The van der Waals surface area contributed by atoms with Gasteiger partial charge in [0.2, 0.25) is 12.3 Å². The number of aromatic nitrogens is 1. The Bertz CT molecular complexity index is 475. The summed E-state index contributed by atoms with van der Waals surface area (Å²) < 4.78 is 0. The topological polar surface area (TPSA) is 88.3 Å². The van der Waals surface area contributed by atoms with Gasteiger partial charge in [-0.15, -0.1) is 0 Å². The van der Waals surface area contributed by atoms with Crippen molar-refractivity contribution >= 4 is 18.1 Å². The van der Waals surface area contributed by atoms with Crippen LogP contribution in [0.3, 0.4) is 0 Å². The van der Waals surface area contributed by atoms with Gasteiger partial charge in [-0.05, 0) is 25.0 Å². The summed E-state index contributed by atoms with van der Waals surface area (Å²) in [7, 11) is 0. The molecule has 1 aliphatic rings. The fourth-order valence-corrected chi connectivity index (χ4v) is 1.91. The minimum atomic E-state index is -0.315. The van der Waals surface area contributed by atoms with E-state index in [1.165, 1.54) is 4.90 Å². The van der Waals surface area contributed by atoms with Crippen LogP contribution in [0.15, 0.2) is 12.1 Å². The van der Waals surface area contributed by atoms with Crippen LogP contribution in [-0.2, 0) is 16.1 Å². The molecular weight excluding hydrogens is 232 g/mol. The van der Waals surface area contributed by atoms with E-state index in [2.05, 4.69) is 10.3 Å². The number of carbonyl (C=O) groups is 2. The third-order valence-electron chi connectivity index (χ3n) is 3.17. The molecule has 18 heavy (non-hydrogen) atoms. The van der Waals surface area contributed by atoms with Gasteiger partial charge in [-0.1, -0.05) is 6.07 Å². The number of nitrogen functional groups attached to an aromatic ring is 1. The Kier molecular flexibility index (Phi) is 3.45. The van der Waals surface area contributed by atoms with Crippen LogP contribution in [0.5, 0.6) is 0 Å². The first-order chi connectivity index (χ1) is 8.61. The van der Waals surface area contributed by atoms with Crippen LogP contribution >= 0.6 is 0 Å². The fourth-order valence-electron chi connectivity index (χ4n) is 1.91. The van der Waals surface area contributed by atoms with Crippen molar-refractivity contribution in [2.24, 2.45) is 0 Å². The van der Waals surface area contributed by atoms with Crippen molar-refractivity contribution in [2.75, 3.05) is 12.3 Å². The number of hydrogen-bond donors (Lipinski definition) is 2. The quantitative estimate of drug-likeness (QED) is 0.723. The molecule has 0 bridgehead atoms. The van der Waals surface area contributed by atoms with Crippen LogP contribution < -0.4 is 11.1 Å². The summed E-state index contributed by atoms with van der Waals surface area (Å²) in [6, 6.07) is 3.23. The number of nitrogens with zero attached hydrogens (tertiary/aromatic N) is 2. The summed E-state index contributed by atoms with van der Waals surface area (Å²) in [6.45, 7) is 2.91. The highest BCUT2D eigenvalue weighted by Gasteiger charge is 2.32. The number of carbonyl (C=O) groups excluding carboxylic acids is 2. The number of amides is 2. The summed E-state index contributed by atoms with van der Waals surface area (Å²) in [5, 5.41) is 2.81. The average molecular weight is 248 g/mol. The van der Waals surface area contributed by atoms with Crippen LogP contribution in [0.2, 0.25) is 0 Å². The van der Waals surface area contributed by atoms with Crippen LogP contribution in [0.1, 0.15) is 17.7 Å². The molecule has 1 saturated heterocycles. The number of aryl methyl sites for hydroxylation is 1. The van der Waals surface area contributed by atoms with Crippen molar-refractivity contribution in [3.8, 4) is 0 Å². The van der Waals surface area contributed by atoms with Gasteiger partial charge in [0.25, 0.3) is 0 Å². The van der Waals surface area contributed by atoms with Crippen LogP contribution in [0.25, 0.3) is 0 Å². The van der Waals surface area contributed by atoms with Gasteiger partial charge in [0, 0.05) is 18.8 Å². The lowest BCUT2D eigenvalue weighted by molar-refractivity contribution is -0.139. The van der Waals surface area contributed by atoms with Crippen molar-refractivity contribution < 1.29 is 9.59 Å². The van der Waals surface area contributed by atoms with E-state index < -0.39 is 0 Å². The number of rotatable bonds is 4. The van der Waals surface area contributed by atoms with Gasteiger partial charge < -0.3 is 16.0 Å². The van der Waals surface area contributed by atoms with Gasteiger partial charge in [-0.3, -0.25) is 9.59 Å². The molecular formula is C12H16N4O2. The maximum absolute atomic E-state index is 11.8. The molecule has 2 amide bonds. The molecule has 1 fully saturated rings. The van der Waals surface area contributed by atoms with Crippen molar-refractivity contribution in [3.63, 3.8) is 0 Å². The summed E-state index contributed by atoms with van der Waals surface area (Å²) in [6.07, 6.45) is 1.44. The first kappa shape index (κ1) is 12.3. The summed E-state index contributed by atoms with van der Waals surface area (Å²) in [4.78, 5) is 28.0. The first-order valence-corrected chi connectivity index (χ1v) is 5.82. The predicted molar refractivity (Wildman–Crippen MR) is 66.4 cm³/mol. The molecule has 3 N–H and O–H groups in total. The van der Waals surface area contributed by atoms with Crippen LogP contribution in [0, 0.1) is 6.92 Å². The summed E-state index contributed by atoms with van der Waals surface area (Å²) >= 11 is 0. The normalized spacial score (nSPS) is 18.1. The minimum Gasteiger partial charge on any atom is -0.384 e. The number of nitrogens with two attached hydrogens (primary N) is 1. The smallest absolute Gasteiger partial charge is 0.243 e. The zero-order chi connectivity index (χ0) is 13.1. The van der Waals surface area contributed by atoms with E-state index in [0.717, 1.165) is 17.7 Å². The maximum atomic E-state index is 11.8. The molecule has 0 aromatic carbocycles. The van der Waals surface area contributed by atoms with E-state index in [1.807, 2.05) is 13.0 Å². The first-order valence-electron chi connectivity index (χ1n) is 5.82. The molecule has 1 aliphatic heterocycles. The van der Waals surface area contributed by atoms with Crippen molar-refractivity contribution in [2.45, 2.75) is 25.9 Å². The third-order valence-corrected chi connectivity index (χ3v) is 3.17. The Morgan fingerprint density at radius 2 is 2.44 bits per heavy atom. The summed E-state index contributed by atoms with van der Waals surface area (Å²) in [5.74, 6) is 0.346. The van der Waals surface area contributed by atoms with Gasteiger partial charge in [-0.25, -0.2) is 4.98 Å². The Balaban J connectivity index is 1.91. The van der Waals surface area contributed by atoms with E-state index in [-0.39, 0.29) is 11.9 Å². The highest BCUT2D eigenvalue weighted by Crippen LogP contribution is 2.15. The molecule has 1 atom stereocenters. The van der Waals surface area contributed by atoms with E-state index in [0.29, 0.717) is 25.3 Å². The van der Waals surface area contributed by atoms with Gasteiger partial charge in [0.1, 0.15) is 11.9 Å². The van der Waals surface area contributed by atoms with Crippen LogP contribution in [0.4, 0.5) is 5.82 Å². The number of anilines is 1. The SMILES string of the molecule is Cc1nc(N)ccc1CNC(=O)C1CCN1C=O. The third kappa shape index (κ3) is 2.42. The van der Waals surface area contributed by atoms with Gasteiger partial charge in [0.15, 0.2) is 0 Å². The molecule has 2 heterocycles. The predicted octanol–water partition coefficient (Wildman–Crippen LogP) is -0.181. The molecule has 0 saturated carbocycles. The second kappa shape index (κ2) is 5.03. The van der Waals surface area contributed by atoms with E-state index in [9.17, 15) is 9.59 Å². The lowest BCUT2D eigenvalue weighted by atomic mass is 10.0. The van der Waals surface area contributed by atoms with E-state index in [1.54, 1.807) is 6.07 Å². The highest BCUT2D eigenvalue weighted by molar-refractivity contribution is 5.84. The summed E-state index contributed by atoms with van der Waals surface area (Å²) in [5.41, 5.74) is 7.28. The number of pyridine rings is 1. The van der Waals surface area contributed by atoms with E-state index >= 15 is 0 Å². The molecule has 6 nitrogen and oxygen atoms in total. The Labute approximate surface area is 105 Å². The fraction of sp³-hybridized carbons (Fsp3) is 0.417. The molecule has 2 rings (SSSR count). The standard InChI is InChI=1S/C12H16N4O2/c1-8-9(2-3-11(13)15-8)6-14-12(18)10-4-5-16(10)7-17/h2-3,7,10H,4-6H2,1H3,(H2,13,15)(H,14,18). The van der Waals surface area contributed by atoms with Gasteiger partial charge in [0.05, 0.1) is 0 Å². The molecule has 6 heteroatoms. The van der Waals surface area contributed by atoms with Gasteiger partial charge in [-0.2, -0.15) is 0 Å². The number of nitrogens with one attached hydrogen (secondary N) is 1. The minimum absolute atomic E-state index is 0.121. The second-order valence-electron chi connectivity index (χ2n) is 4.35. The molecule has 0 spiro atoms. The Hall–Kier alpha value is -2.11. The monoisotopic (exact) mass is 248 g/mol. The molecule has 1 unspecified atom stereocenters. The Morgan fingerprint density at radius 3 is 3.00 bits per heavy atom. The second-order valence-corrected chi connectivity index (χ2v) is 4.35. The lowest BCUT2D eigenvalue weighted by Gasteiger charge is -2.36. The molecule has 1 aromatic rings. The van der Waals surface area contributed by atoms with Crippen molar-refractivity contribution in [1.82, 2.24) is 15.2 Å². The molecule has 1 aromatic heterocycles. The lowest BCUT2D eigenvalue weighted by Crippen LogP contribution is -2.55. The zero-order valence-corrected chi connectivity index (χ0v) is 10.2. The molecule has 0 radical (unpaired) electrons. The average Bonchev–Trinajstić information content (AvgIpc) is 2.27. The maximum Gasteiger partial charge on any atom is 0.243 e. The molecule has 96 valence electrons. The molecule has 0 aliphatic carbocycles. The Morgan fingerprint density at radius 1 is 1.67 bits per heavy atom. The largest absolute Gasteiger partial charge is 0.384 e. The van der Waals surface area contributed by atoms with Crippen LogP contribution in [-0.4, -0.2) is 34.8 Å².